The molecule has 0 spiro atoms. The molecule has 0 bridgehead atoms. The van der Waals surface area contributed by atoms with E-state index in [0.29, 0.717) is 6.54 Å². The molecule has 82 valence electrons. The van der Waals surface area contributed by atoms with Crippen LogP contribution in [0.3, 0.4) is 0 Å². The molecular weight excluding hydrogens is 210 g/mol. The van der Waals surface area contributed by atoms with E-state index >= 15 is 0 Å². The summed E-state index contributed by atoms with van der Waals surface area (Å²) in [4.78, 5) is 11.5. The summed E-state index contributed by atoms with van der Waals surface area (Å²) >= 11 is 6.07. The Morgan fingerprint density at radius 2 is 1.87 bits per heavy atom. The van der Waals surface area contributed by atoms with Crippen molar-refractivity contribution in [3.8, 4) is 0 Å². The van der Waals surface area contributed by atoms with Gasteiger partial charge in [0, 0.05) is 6.54 Å². The largest absolute Gasteiger partial charge is 0.355 e. The first-order valence-electron chi connectivity index (χ1n) is 5.04. The molecule has 1 N–H and O–H groups in total. The number of hydrogen-bond acceptors (Lipinski definition) is 1. The molecule has 0 aliphatic heterocycles. The van der Waals surface area contributed by atoms with E-state index in [2.05, 4.69) is 11.4 Å². The zero-order chi connectivity index (χ0) is 11.4. The number of likely N-dealkylation sites (N-methyl/N-ethyl adjacent to an activating group) is 1. The molecule has 0 saturated carbocycles. The van der Waals surface area contributed by atoms with Gasteiger partial charge >= 0.3 is 0 Å². The van der Waals surface area contributed by atoms with Crippen LogP contribution in [0.1, 0.15) is 29.0 Å². The number of carbonyl (C=O) groups is 1. The molecule has 0 heterocycles. The first kappa shape index (κ1) is 12.1. The second-order valence-corrected chi connectivity index (χ2v) is 4.11. The highest BCUT2D eigenvalue weighted by Crippen LogP contribution is 2.22. The Hall–Kier alpha value is -1.02. The zero-order valence-electron chi connectivity index (χ0n) is 9.30. The number of benzene rings is 1. The number of carbonyl (C=O) groups excluding carboxylic acids is 1. The third kappa shape index (κ3) is 3.24. The van der Waals surface area contributed by atoms with Crippen LogP contribution in [-0.4, -0.2) is 12.5 Å². The average Bonchev–Trinajstić information content (AvgIpc) is 2.15. The number of hydrogen-bond donors (Lipinski definition) is 1. The lowest BCUT2D eigenvalue weighted by Crippen LogP contribution is -2.26. The van der Waals surface area contributed by atoms with Crippen LogP contribution < -0.4 is 5.32 Å². The van der Waals surface area contributed by atoms with E-state index in [9.17, 15) is 4.79 Å². The van der Waals surface area contributed by atoms with Crippen LogP contribution >= 0.6 is 11.6 Å². The maximum Gasteiger partial charge on any atom is 0.242 e. The molecule has 1 amide bonds. The van der Waals surface area contributed by atoms with Crippen LogP contribution in [0.4, 0.5) is 0 Å². The maximum absolute atomic E-state index is 11.5. The number of rotatable bonds is 3. The summed E-state index contributed by atoms with van der Waals surface area (Å²) < 4.78 is 0. The SMILES string of the molecule is CCNC(=O)C(Cl)c1cc(C)cc(C)c1. The van der Waals surface area contributed by atoms with Crippen LogP contribution in [0.25, 0.3) is 0 Å². The van der Waals surface area contributed by atoms with Crippen LogP contribution in [-0.2, 0) is 4.79 Å². The van der Waals surface area contributed by atoms with Gasteiger partial charge in [-0.3, -0.25) is 4.79 Å². The zero-order valence-corrected chi connectivity index (χ0v) is 10.1. The fourth-order valence-electron chi connectivity index (χ4n) is 1.57. The summed E-state index contributed by atoms with van der Waals surface area (Å²) in [6.07, 6.45) is 0. The van der Waals surface area contributed by atoms with Gasteiger partial charge in [0.05, 0.1) is 0 Å². The Kier molecular flexibility index (Phi) is 4.15. The number of aryl methyl sites for hydroxylation is 2. The Morgan fingerprint density at radius 3 is 2.33 bits per heavy atom. The number of halogens is 1. The van der Waals surface area contributed by atoms with Crippen molar-refractivity contribution < 1.29 is 4.79 Å². The van der Waals surface area contributed by atoms with E-state index in [1.165, 1.54) is 0 Å². The van der Waals surface area contributed by atoms with E-state index in [1.54, 1.807) is 0 Å². The average molecular weight is 226 g/mol. The summed E-state index contributed by atoms with van der Waals surface area (Å²) in [7, 11) is 0. The lowest BCUT2D eigenvalue weighted by molar-refractivity contribution is -0.120. The molecule has 1 unspecified atom stereocenters. The van der Waals surface area contributed by atoms with Crippen molar-refractivity contribution in [1.29, 1.82) is 0 Å². The number of amides is 1. The highest BCUT2D eigenvalue weighted by atomic mass is 35.5. The van der Waals surface area contributed by atoms with Crippen molar-refractivity contribution in [1.82, 2.24) is 5.32 Å². The standard InChI is InChI=1S/C12H16ClNO/c1-4-14-12(15)11(13)10-6-8(2)5-9(3)7-10/h5-7,11H,4H2,1-3H3,(H,14,15). The van der Waals surface area contributed by atoms with Crippen LogP contribution in [0.5, 0.6) is 0 Å². The number of alkyl halides is 1. The summed E-state index contributed by atoms with van der Waals surface area (Å²) in [5.74, 6) is -0.135. The van der Waals surface area contributed by atoms with Gasteiger partial charge in [0.1, 0.15) is 5.38 Å². The summed E-state index contributed by atoms with van der Waals surface area (Å²) in [5.41, 5.74) is 3.11. The molecular formula is C12H16ClNO. The Labute approximate surface area is 95.6 Å². The van der Waals surface area contributed by atoms with Gasteiger partial charge in [0.15, 0.2) is 0 Å². The quantitative estimate of drug-likeness (QED) is 0.788. The molecule has 3 heteroatoms. The lowest BCUT2D eigenvalue weighted by Gasteiger charge is -2.11. The lowest BCUT2D eigenvalue weighted by atomic mass is 10.0. The van der Waals surface area contributed by atoms with Gasteiger partial charge in [-0.2, -0.15) is 0 Å². The minimum atomic E-state index is -0.594. The van der Waals surface area contributed by atoms with Crippen molar-refractivity contribution in [2.24, 2.45) is 0 Å². The fraction of sp³-hybridized carbons (Fsp3) is 0.417. The third-order valence-electron chi connectivity index (χ3n) is 2.12. The molecule has 0 aliphatic carbocycles. The van der Waals surface area contributed by atoms with Crippen molar-refractivity contribution in [2.75, 3.05) is 6.54 Å². The molecule has 1 aromatic rings. The van der Waals surface area contributed by atoms with E-state index in [1.807, 2.05) is 32.9 Å². The predicted molar refractivity (Wildman–Crippen MR) is 63.2 cm³/mol. The molecule has 0 saturated heterocycles. The topological polar surface area (TPSA) is 29.1 Å². The molecule has 15 heavy (non-hydrogen) atoms. The van der Waals surface area contributed by atoms with Gasteiger partial charge in [-0.15, -0.1) is 11.6 Å². The summed E-state index contributed by atoms with van der Waals surface area (Å²) in [6.45, 7) is 6.48. The highest BCUT2D eigenvalue weighted by Gasteiger charge is 2.16. The monoisotopic (exact) mass is 225 g/mol. The van der Waals surface area contributed by atoms with Gasteiger partial charge in [-0.1, -0.05) is 29.3 Å². The molecule has 1 aromatic carbocycles. The second-order valence-electron chi connectivity index (χ2n) is 3.68. The minimum absolute atomic E-state index is 0.135. The highest BCUT2D eigenvalue weighted by molar-refractivity contribution is 6.30. The molecule has 1 rings (SSSR count). The van der Waals surface area contributed by atoms with Gasteiger partial charge in [0.2, 0.25) is 5.91 Å². The van der Waals surface area contributed by atoms with Gasteiger partial charge in [-0.05, 0) is 26.3 Å². The minimum Gasteiger partial charge on any atom is -0.355 e. The third-order valence-corrected chi connectivity index (χ3v) is 2.57. The van der Waals surface area contributed by atoms with Crippen LogP contribution in [0, 0.1) is 13.8 Å². The van der Waals surface area contributed by atoms with E-state index < -0.39 is 5.38 Å². The van der Waals surface area contributed by atoms with Crippen molar-refractivity contribution in [2.45, 2.75) is 26.1 Å². The van der Waals surface area contributed by atoms with Gasteiger partial charge in [0.25, 0.3) is 0 Å². The Bertz CT molecular complexity index is 342. The van der Waals surface area contributed by atoms with Crippen molar-refractivity contribution in [3.63, 3.8) is 0 Å². The summed E-state index contributed by atoms with van der Waals surface area (Å²) in [6, 6.07) is 5.95. The van der Waals surface area contributed by atoms with Crippen LogP contribution in [0.2, 0.25) is 0 Å². The van der Waals surface area contributed by atoms with Crippen molar-refractivity contribution >= 4 is 17.5 Å². The van der Waals surface area contributed by atoms with E-state index in [4.69, 9.17) is 11.6 Å². The number of nitrogens with one attached hydrogen (secondary N) is 1. The normalized spacial score (nSPS) is 12.3. The fourth-order valence-corrected chi connectivity index (χ4v) is 1.77. The molecule has 0 aliphatic rings. The van der Waals surface area contributed by atoms with Crippen molar-refractivity contribution in [3.05, 3.63) is 34.9 Å². The van der Waals surface area contributed by atoms with E-state index in [0.717, 1.165) is 16.7 Å². The van der Waals surface area contributed by atoms with Gasteiger partial charge in [-0.25, -0.2) is 0 Å². The first-order chi connectivity index (χ1) is 7.04. The molecule has 2 nitrogen and oxygen atoms in total. The first-order valence-corrected chi connectivity index (χ1v) is 5.48. The maximum atomic E-state index is 11.5. The Morgan fingerprint density at radius 1 is 1.33 bits per heavy atom. The van der Waals surface area contributed by atoms with E-state index in [-0.39, 0.29) is 5.91 Å². The molecule has 0 fully saturated rings. The Balaban J connectivity index is 2.90. The molecule has 0 radical (unpaired) electrons. The predicted octanol–water partition coefficient (Wildman–Crippen LogP) is 2.72. The summed E-state index contributed by atoms with van der Waals surface area (Å²) in [5, 5.41) is 2.12. The molecule has 0 aromatic heterocycles. The second kappa shape index (κ2) is 5.17. The van der Waals surface area contributed by atoms with Gasteiger partial charge < -0.3 is 5.32 Å². The molecule has 1 atom stereocenters. The van der Waals surface area contributed by atoms with Crippen LogP contribution in [0.15, 0.2) is 18.2 Å². The smallest absolute Gasteiger partial charge is 0.242 e.